The van der Waals surface area contributed by atoms with Crippen molar-refractivity contribution in [3.8, 4) is 0 Å². The molecule has 1 amide bonds. The minimum absolute atomic E-state index is 0.205. The molecule has 1 saturated heterocycles. The highest BCUT2D eigenvalue weighted by atomic mass is 16.6. The van der Waals surface area contributed by atoms with E-state index in [1.807, 2.05) is 27.7 Å². The third-order valence-corrected chi connectivity index (χ3v) is 3.30. The molecule has 19 heavy (non-hydrogen) atoms. The summed E-state index contributed by atoms with van der Waals surface area (Å²) in [5.74, 6) is 0.485. The fourth-order valence-electron chi connectivity index (χ4n) is 2.38. The number of aliphatic hydroxyl groups is 1. The van der Waals surface area contributed by atoms with Gasteiger partial charge in [0.25, 0.3) is 0 Å². The predicted molar refractivity (Wildman–Crippen MR) is 75.1 cm³/mol. The summed E-state index contributed by atoms with van der Waals surface area (Å²) in [7, 11) is 0. The molecular weight excluding hydrogens is 244 g/mol. The van der Waals surface area contributed by atoms with E-state index in [1.54, 1.807) is 4.90 Å². The Balaban J connectivity index is 2.42. The van der Waals surface area contributed by atoms with Gasteiger partial charge in [0.15, 0.2) is 0 Å². The van der Waals surface area contributed by atoms with Crippen molar-refractivity contribution in [2.75, 3.05) is 39.3 Å². The molecular formula is C14H28N2O3. The lowest BCUT2D eigenvalue weighted by molar-refractivity contribution is 0.0232. The SMILES string of the molecule is CCN(C[C@H]1CCN(CCO)C1)C(=O)OC(C)(C)C. The van der Waals surface area contributed by atoms with Gasteiger partial charge in [-0.2, -0.15) is 0 Å². The molecule has 1 heterocycles. The number of carbonyl (C=O) groups is 1. The zero-order valence-corrected chi connectivity index (χ0v) is 12.7. The summed E-state index contributed by atoms with van der Waals surface area (Å²) < 4.78 is 5.41. The van der Waals surface area contributed by atoms with Crippen molar-refractivity contribution in [1.29, 1.82) is 0 Å². The van der Waals surface area contributed by atoms with Crippen molar-refractivity contribution in [2.24, 2.45) is 5.92 Å². The van der Waals surface area contributed by atoms with E-state index in [9.17, 15) is 4.79 Å². The number of rotatable bonds is 5. The maximum atomic E-state index is 12.0. The van der Waals surface area contributed by atoms with Crippen LogP contribution in [-0.2, 0) is 4.74 Å². The van der Waals surface area contributed by atoms with Crippen LogP contribution in [0.15, 0.2) is 0 Å². The molecule has 112 valence electrons. The number of aliphatic hydroxyl groups excluding tert-OH is 1. The molecule has 0 unspecified atom stereocenters. The van der Waals surface area contributed by atoms with Crippen LogP contribution in [0, 0.1) is 5.92 Å². The molecule has 0 saturated carbocycles. The third-order valence-electron chi connectivity index (χ3n) is 3.30. The Morgan fingerprint density at radius 3 is 2.68 bits per heavy atom. The van der Waals surface area contributed by atoms with Crippen LogP contribution >= 0.6 is 0 Å². The van der Waals surface area contributed by atoms with Crippen LogP contribution in [0.1, 0.15) is 34.1 Å². The summed E-state index contributed by atoms with van der Waals surface area (Å²) >= 11 is 0. The number of hydrogen-bond acceptors (Lipinski definition) is 4. The van der Waals surface area contributed by atoms with Crippen LogP contribution in [0.3, 0.4) is 0 Å². The van der Waals surface area contributed by atoms with Crippen LogP contribution in [-0.4, -0.2) is 65.9 Å². The van der Waals surface area contributed by atoms with Gasteiger partial charge >= 0.3 is 6.09 Å². The number of amides is 1. The van der Waals surface area contributed by atoms with Crippen LogP contribution in [0.4, 0.5) is 4.79 Å². The number of ether oxygens (including phenoxy) is 1. The lowest BCUT2D eigenvalue weighted by Crippen LogP contribution is -2.40. The van der Waals surface area contributed by atoms with Gasteiger partial charge in [0, 0.05) is 26.2 Å². The topological polar surface area (TPSA) is 53.0 Å². The third kappa shape index (κ3) is 5.78. The molecule has 1 rings (SSSR count). The molecule has 1 N–H and O–H groups in total. The molecule has 0 spiro atoms. The van der Waals surface area contributed by atoms with E-state index in [1.165, 1.54) is 0 Å². The van der Waals surface area contributed by atoms with Gasteiger partial charge in [-0.05, 0) is 46.6 Å². The first-order valence-corrected chi connectivity index (χ1v) is 7.17. The van der Waals surface area contributed by atoms with Crippen LogP contribution in [0.2, 0.25) is 0 Å². The average molecular weight is 272 g/mol. The molecule has 0 aliphatic carbocycles. The summed E-state index contributed by atoms with van der Waals surface area (Å²) in [5, 5.41) is 8.93. The van der Waals surface area contributed by atoms with Crippen LogP contribution < -0.4 is 0 Å². The van der Waals surface area contributed by atoms with Gasteiger partial charge in [-0.3, -0.25) is 0 Å². The summed E-state index contributed by atoms with van der Waals surface area (Å²) in [6, 6.07) is 0. The second-order valence-corrected chi connectivity index (χ2v) is 6.20. The smallest absolute Gasteiger partial charge is 0.410 e. The number of likely N-dealkylation sites (tertiary alicyclic amines) is 1. The van der Waals surface area contributed by atoms with Gasteiger partial charge in [0.1, 0.15) is 5.60 Å². The lowest BCUT2D eigenvalue weighted by Gasteiger charge is -2.28. The molecule has 0 radical (unpaired) electrons. The van der Waals surface area contributed by atoms with E-state index in [-0.39, 0.29) is 12.7 Å². The Hall–Kier alpha value is -0.810. The number of nitrogens with zero attached hydrogens (tertiary/aromatic N) is 2. The average Bonchev–Trinajstić information content (AvgIpc) is 2.71. The van der Waals surface area contributed by atoms with Crippen molar-refractivity contribution < 1.29 is 14.6 Å². The zero-order valence-electron chi connectivity index (χ0n) is 12.7. The summed E-state index contributed by atoms with van der Waals surface area (Å²) in [5.41, 5.74) is -0.441. The molecule has 1 atom stereocenters. The molecule has 1 aliphatic rings. The van der Waals surface area contributed by atoms with Crippen LogP contribution in [0.5, 0.6) is 0 Å². The van der Waals surface area contributed by atoms with E-state index in [4.69, 9.17) is 9.84 Å². The highest BCUT2D eigenvalue weighted by molar-refractivity contribution is 5.68. The van der Waals surface area contributed by atoms with E-state index in [0.29, 0.717) is 12.5 Å². The minimum Gasteiger partial charge on any atom is -0.444 e. The first kappa shape index (κ1) is 16.2. The van der Waals surface area contributed by atoms with Crippen molar-refractivity contribution in [1.82, 2.24) is 9.80 Å². The second-order valence-electron chi connectivity index (χ2n) is 6.20. The highest BCUT2D eigenvalue weighted by Crippen LogP contribution is 2.18. The Labute approximate surface area is 116 Å². The zero-order chi connectivity index (χ0) is 14.5. The Bertz CT molecular complexity index is 289. The van der Waals surface area contributed by atoms with Gasteiger partial charge in [-0.25, -0.2) is 4.79 Å². The predicted octanol–water partition coefficient (Wildman–Crippen LogP) is 1.56. The maximum Gasteiger partial charge on any atom is 0.410 e. The van der Waals surface area contributed by atoms with Gasteiger partial charge in [-0.15, -0.1) is 0 Å². The van der Waals surface area contributed by atoms with E-state index in [0.717, 1.165) is 32.6 Å². The van der Waals surface area contributed by atoms with Crippen molar-refractivity contribution in [3.63, 3.8) is 0 Å². The van der Waals surface area contributed by atoms with Gasteiger partial charge in [0.05, 0.1) is 6.61 Å². The number of β-amino-alcohol motifs (C(OH)–C–C–N with tert-alkyl or cyclic N) is 1. The fraction of sp³-hybridized carbons (Fsp3) is 0.929. The van der Waals surface area contributed by atoms with Crippen molar-refractivity contribution in [3.05, 3.63) is 0 Å². The highest BCUT2D eigenvalue weighted by Gasteiger charge is 2.27. The quantitative estimate of drug-likeness (QED) is 0.825. The Kier molecular flexibility index (Phi) is 6.07. The van der Waals surface area contributed by atoms with Crippen LogP contribution in [0.25, 0.3) is 0 Å². The molecule has 5 nitrogen and oxygen atoms in total. The molecule has 0 aromatic heterocycles. The first-order valence-electron chi connectivity index (χ1n) is 7.17. The summed E-state index contributed by atoms with van der Waals surface area (Å²) in [6.07, 6.45) is 0.856. The van der Waals surface area contributed by atoms with Gasteiger partial charge < -0.3 is 19.6 Å². The standard InChI is InChI=1S/C14H28N2O3/c1-5-16(13(18)19-14(2,3)4)11-12-6-7-15(10-12)8-9-17/h12,17H,5-11H2,1-4H3/t12-/m0/s1. The molecule has 1 fully saturated rings. The monoisotopic (exact) mass is 272 g/mol. The molecule has 0 aromatic carbocycles. The molecule has 1 aliphatic heterocycles. The molecule has 5 heteroatoms. The summed E-state index contributed by atoms with van der Waals surface area (Å²) in [6.45, 7) is 12.0. The first-order chi connectivity index (χ1) is 8.85. The van der Waals surface area contributed by atoms with Gasteiger partial charge in [-0.1, -0.05) is 0 Å². The molecule has 0 aromatic rings. The van der Waals surface area contributed by atoms with Crippen molar-refractivity contribution >= 4 is 6.09 Å². The second kappa shape index (κ2) is 7.10. The van der Waals surface area contributed by atoms with E-state index < -0.39 is 5.60 Å². The summed E-state index contributed by atoms with van der Waals surface area (Å²) in [4.78, 5) is 16.1. The normalized spacial score (nSPS) is 20.6. The Morgan fingerprint density at radius 2 is 2.16 bits per heavy atom. The number of hydrogen-bond donors (Lipinski definition) is 1. The molecule has 0 bridgehead atoms. The lowest BCUT2D eigenvalue weighted by atomic mass is 10.1. The van der Waals surface area contributed by atoms with Gasteiger partial charge in [0.2, 0.25) is 0 Å². The van der Waals surface area contributed by atoms with E-state index >= 15 is 0 Å². The van der Waals surface area contributed by atoms with E-state index in [2.05, 4.69) is 4.90 Å². The largest absolute Gasteiger partial charge is 0.444 e. The Morgan fingerprint density at radius 1 is 1.47 bits per heavy atom. The number of carbonyl (C=O) groups excluding carboxylic acids is 1. The fourth-order valence-corrected chi connectivity index (χ4v) is 2.38. The minimum atomic E-state index is -0.441. The maximum absolute atomic E-state index is 12.0. The van der Waals surface area contributed by atoms with Crippen molar-refractivity contribution in [2.45, 2.75) is 39.7 Å².